The molecule has 0 bridgehead atoms. The lowest BCUT2D eigenvalue weighted by Crippen LogP contribution is -2.41. The highest BCUT2D eigenvalue weighted by Crippen LogP contribution is 2.30. The Kier molecular flexibility index (Phi) is 5.64. The van der Waals surface area contributed by atoms with E-state index in [4.69, 9.17) is 9.26 Å². The molecule has 1 atom stereocenters. The average molecular weight is 348 g/mol. The predicted octanol–water partition coefficient (Wildman–Crippen LogP) is 2.23. The van der Waals surface area contributed by atoms with Gasteiger partial charge in [0, 0.05) is 32.8 Å². The standard InChI is InChI=1S/C16H24N6O3/c1-3-21-11-12(10-17-21)18-16(23)22-8-5-4-6-13(22)15-19-14(20-25-15)7-9-24-2/h10-11,13H,3-9H2,1-2H3,(H,18,23). The second-order valence-electron chi connectivity index (χ2n) is 6.01. The van der Waals surface area contributed by atoms with E-state index in [-0.39, 0.29) is 12.1 Å². The number of piperidine rings is 1. The SMILES string of the molecule is CCn1cc(NC(=O)N2CCCCC2c2nc(CCOC)no2)cn1. The smallest absolute Gasteiger partial charge is 0.322 e. The molecule has 1 fully saturated rings. The molecular weight excluding hydrogens is 324 g/mol. The Morgan fingerprint density at radius 2 is 2.36 bits per heavy atom. The second kappa shape index (κ2) is 8.11. The molecule has 9 heteroatoms. The van der Waals surface area contributed by atoms with Crippen molar-refractivity contribution in [1.82, 2.24) is 24.8 Å². The number of urea groups is 1. The number of ether oxygens (including phenoxy) is 1. The van der Waals surface area contributed by atoms with Crippen LogP contribution < -0.4 is 5.32 Å². The minimum absolute atomic E-state index is 0.169. The minimum Gasteiger partial charge on any atom is -0.384 e. The summed E-state index contributed by atoms with van der Waals surface area (Å²) < 4.78 is 12.2. The summed E-state index contributed by atoms with van der Waals surface area (Å²) in [4.78, 5) is 18.9. The molecule has 2 aromatic heterocycles. The van der Waals surface area contributed by atoms with Crippen LogP contribution in [0, 0.1) is 0 Å². The van der Waals surface area contributed by atoms with E-state index < -0.39 is 0 Å². The maximum atomic E-state index is 12.7. The van der Waals surface area contributed by atoms with Crippen LogP contribution in [0.1, 0.15) is 43.9 Å². The molecule has 0 radical (unpaired) electrons. The van der Waals surface area contributed by atoms with Crippen LogP contribution in [0.3, 0.4) is 0 Å². The van der Waals surface area contributed by atoms with Gasteiger partial charge in [0.15, 0.2) is 5.82 Å². The molecule has 0 aromatic carbocycles. The average Bonchev–Trinajstić information content (AvgIpc) is 3.29. The van der Waals surface area contributed by atoms with Crippen molar-refractivity contribution in [1.29, 1.82) is 0 Å². The fourth-order valence-electron chi connectivity index (χ4n) is 2.93. The molecule has 9 nitrogen and oxygen atoms in total. The van der Waals surface area contributed by atoms with Gasteiger partial charge in [-0.05, 0) is 26.2 Å². The van der Waals surface area contributed by atoms with Crippen molar-refractivity contribution in [2.24, 2.45) is 0 Å². The van der Waals surface area contributed by atoms with Gasteiger partial charge in [-0.2, -0.15) is 10.1 Å². The number of carbonyl (C=O) groups excluding carboxylic acids is 1. The van der Waals surface area contributed by atoms with Gasteiger partial charge < -0.3 is 19.5 Å². The van der Waals surface area contributed by atoms with Gasteiger partial charge in [0.1, 0.15) is 6.04 Å². The molecule has 1 unspecified atom stereocenters. The lowest BCUT2D eigenvalue weighted by molar-refractivity contribution is 0.142. The van der Waals surface area contributed by atoms with Crippen molar-refractivity contribution in [3.05, 3.63) is 24.1 Å². The van der Waals surface area contributed by atoms with Gasteiger partial charge in [-0.3, -0.25) is 4.68 Å². The molecule has 3 rings (SSSR count). The van der Waals surface area contributed by atoms with Gasteiger partial charge in [0.2, 0.25) is 5.89 Å². The number of nitrogens with zero attached hydrogens (tertiary/aromatic N) is 5. The molecule has 0 aliphatic carbocycles. The number of likely N-dealkylation sites (tertiary alicyclic amines) is 1. The highest BCUT2D eigenvalue weighted by molar-refractivity contribution is 5.89. The maximum Gasteiger partial charge on any atom is 0.322 e. The third-order valence-electron chi connectivity index (χ3n) is 4.27. The molecule has 2 aromatic rings. The number of hydrogen-bond acceptors (Lipinski definition) is 6. The highest BCUT2D eigenvalue weighted by atomic mass is 16.5. The third kappa shape index (κ3) is 4.16. The van der Waals surface area contributed by atoms with Crippen molar-refractivity contribution < 1.29 is 14.1 Å². The molecule has 25 heavy (non-hydrogen) atoms. The fraction of sp³-hybridized carbons (Fsp3) is 0.625. The number of carbonyl (C=O) groups is 1. The number of methoxy groups -OCH3 is 1. The van der Waals surface area contributed by atoms with E-state index in [0.717, 1.165) is 25.8 Å². The van der Waals surface area contributed by atoms with Crippen LogP contribution in [0.4, 0.5) is 10.5 Å². The molecular formula is C16H24N6O3. The van der Waals surface area contributed by atoms with E-state index in [2.05, 4.69) is 20.6 Å². The summed E-state index contributed by atoms with van der Waals surface area (Å²) >= 11 is 0. The fourth-order valence-corrected chi connectivity index (χ4v) is 2.93. The van der Waals surface area contributed by atoms with E-state index in [1.165, 1.54) is 0 Å². The molecule has 0 saturated carbocycles. The first-order valence-corrected chi connectivity index (χ1v) is 8.62. The Morgan fingerprint density at radius 3 is 3.12 bits per heavy atom. The molecule has 0 spiro atoms. The Bertz CT molecular complexity index is 698. The van der Waals surface area contributed by atoms with Gasteiger partial charge in [0.25, 0.3) is 0 Å². The number of hydrogen-bond donors (Lipinski definition) is 1. The highest BCUT2D eigenvalue weighted by Gasteiger charge is 2.32. The summed E-state index contributed by atoms with van der Waals surface area (Å²) in [5.74, 6) is 1.09. The monoisotopic (exact) mass is 348 g/mol. The Balaban J connectivity index is 1.69. The van der Waals surface area contributed by atoms with E-state index in [1.807, 2.05) is 13.1 Å². The number of amides is 2. The lowest BCUT2D eigenvalue weighted by atomic mass is 10.0. The molecule has 2 amide bonds. The second-order valence-corrected chi connectivity index (χ2v) is 6.01. The Labute approximate surface area is 146 Å². The number of anilines is 1. The van der Waals surface area contributed by atoms with Crippen LogP contribution in [0.5, 0.6) is 0 Å². The maximum absolute atomic E-state index is 12.7. The summed E-state index contributed by atoms with van der Waals surface area (Å²) in [5.41, 5.74) is 0.683. The van der Waals surface area contributed by atoms with Gasteiger partial charge in [-0.1, -0.05) is 5.16 Å². The largest absolute Gasteiger partial charge is 0.384 e. The molecule has 3 heterocycles. The zero-order chi connectivity index (χ0) is 17.6. The molecule has 1 N–H and O–H groups in total. The molecule has 1 aliphatic heterocycles. The molecule has 1 aliphatic rings. The van der Waals surface area contributed by atoms with E-state index in [9.17, 15) is 4.79 Å². The first-order chi connectivity index (χ1) is 12.2. The van der Waals surface area contributed by atoms with Crippen molar-refractivity contribution in [3.8, 4) is 0 Å². The minimum atomic E-state index is -0.196. The van der Waals surface area contributed by atoms with Crippen LogP contribution in [-0.4, -0.2) is 51.1 Å². The number of nitrogens with one attached hydrogen (secondary N) is 1. The third-order valence-corrected chi connectivity index (χ3v) is 4.27. The topological polar surface area (TPSA) is 98.3 Å². The first-order valence-electron chi connectivity index (χ1n) is 8.62. The van der Waals surface area contributed by atoms with Crippen LogP contribution >= 0.6 is 0 Å². The quantitative estimate of drug-likeness (QED) is 0.859. The normalized spacial score (nSPS) is 17.7. The zero-order valence-electron chi connectivity index (χ0n) is 14.6. The summed E-state index contributed by atoms with van der Waals surface area (Å²) in [6, 6.07) is -0.365. The predicted molar refractivity (Wildman–Crippen MR) is 90.1 cm³/mol. The summed E-state index contributed by atoms with van der Waals surface area (Å²) in [6.45, 7) is 3.95. The molecule has 1 saturated heterocycles. The van der Waals surface area contributed by atoms with E-state index in [0.29, 0.717) is 37.0 Å². The van der Waals surface area contributed by atoms with Gasteiger partial charge in [-0.25, -0.2) is 4.79 Å². The summed E-state index contributed by atoms with van der Waals surface area (Å²) in [5, 5.41) is 11.1. The van der Waals surface area contributed by atoms with Gasteiger partial charge in [-0.15, -0.1) is 0 Å². The number of aryl methyl sites for hydroxylation is 1. The van der Waals surface area contributed by atoms with Crippen molar-refractivity contribution >= 4 is 11.7 Å². The Morgan fingerprint density at radius 1 is 1.48 bits per heavy atom. The van der Waals surface area contributed by atoms with Crippen LogP contribution in [0.25, 0.3) is 0 Å². The Hall–Kier alpha value is -2.42. The van der Waals surface area contributed by atoms with E-state index >= 15 is 0 Å². The molecule has 136 valence electrons. The van der Waals surface area contributed by atoms with Gasteiger partial charge in [0.05, 0.1) is 18.5 Å². The lowest BCUT2D eigenvalue weighted by Gasteiger charge is -2.33. The summed E-state index contributed by atoms with van der Waals surface area (Å²) in [6.07, 6.45) is 6.85. The summed E-state index contributed by atoms with van der Waals surface area (Å²) in [7, 11) is 1.63. The van der Waals surface area contributed by atoms with Crippen LogP contribution in [0.15, 0.2) is 16.9 Å². The number of rotatable bonds is 6. The van der Waals surface area contributed by atoms with Gasteiger partial charge >= 0.3 is 6.03 Å². The van der Waals surface area contributed by atoms with Crippen molar-refractivity contribution in [2.45, 2.75) is 45.2 Å². The first kappa shape index (κ1) is 17.4. The zero-order valence-corrected chi connectivity index (χ0v) is 14.6. The van der Waals surface area contributed by atoms with E-state index in [1.54, 1.807) is 22.9 Å². The number of aromatic nitrogens is 4. The van der Waals surface area contributed by atoms with Crippen LogP contribution in [0.2, 0.25) is 0 Å². The van der Waals surface area contributed by atoms with Crippen molar-refractivity contribution in [3.63, 3.8) is 0 Å². The van der Waals surface area contributed by atoms with Crippen LogP contribution in [-0.2, 0) is 17.7 Å². The van der Waals surface area contributed by atoms with Crippen molar-refractivity contribution in [2.75, 3.05) is 25.6 Å².